The first-order chi connectivity index (χ1) is 14.5. The van der Waals surface area contributed by atoms with Gasteiger partial charge in [0.15, 0.2) is 0 Å². The van der Waals surface area contributed by atoms with Crippen molar-refractivity contribution in [2.45, 2.75) is 13.0 Å². The van der Waals surface area contributed by atoms with Gasteiger partial charge in [-0.15, -0.1) is 11.3 Å². The molecule has 1 fully saturated rings. The van der Waals surface area contributed by atoms with Crippen molar-refractivity contribution in [2.24, 2.45) is 0 Å². The van der Waals surface area contributed by atoms with Crippen molar-refractivity contribution in [1.29, 1.82) is 0 Å². The summed E-state index contributed by atoms with van der Waals surface area (Å²) in [4.78, 5) is 21.6. The highest BCUT2D eigenvalue weighted by molar-refractivity contribution is 7.18. The van der Waals surface area contributed by atoms with Crippen molar-refractivity contribution in [1.82, 2.24) is 9.88 Å². The summed E-state index contributed by atoms with van der Waals surface area (Å²) in [6.07, 6.45) is 0. The number of rotatable bonds is 6. The lowest BCUT2D eigenvalue weighted by Crippen LogP contribution is -2.37. The van der Waals surface area contributed by atoms with Crippen LogP contribution in [0.5, 0.6) is 0 Å². The third-order valence-corrected chi connectivity index (χ3v) is 6.82. The molecule has 4 rings (SSSR count). The van der Waals surface area contributed by atoms with Crippen LogP contribution in [-0.2, 0) is 9.53 Å². The van der Waals surface area contributed by atoms with E-state index in [1.54, 1.807) is 16.2 Å². The van der Waals surface area contributed by atoms with E-state index >= 15 is 0 Å². The van der Waals surface area contributed by atoms with Crippen LogP contribution in [0.4, 0.5) is 11.4 Å². The topological polar surface area (TPSA) is 57.7 Å². The van der Waals surface area contributed by atoms with Gasteiger partial charge in [0.2, 0.25) is 5.91 Å². The third-order valence-electron chi connectivity index (χ3n) is 5.38. The molecular formula is C22H25ClN4O2S. The monoisotopic (exact) mass is 444 g/mol. The minimum absolute atomic E-state index is 0.00495. The average Bonchev–Trinajstić information content (AvgIpc) is 3.21. The quantitative estimate of drug-likeness (QED) is 0.610. The van der Waals surface area contributed by atoms with Gasteiger partial charge in [-0.1, -0.05) is 23.7 Å². The lowest BCUT2D eigenvalue weighted by molar-refractivity contribution is -0.129. The standard InChI is InChI=1S/C22H25ClN4O2S/c1-15(22-25-17-5-3-4-6-20(17)30-22)26(2)21(28)14-24-18-13-16(23)7-8-19(18)27-9-11-29-12-10-27/h3-8,13,15,24H,9-12,14H2,1-2H3. The van der Waals surface area contributed by atoms with Crippen molar-refractivity contribution in [3.63, 3.8) is 0 Å². The third kappa shape index (κ3) is 4.53. The molecule has 3 aromatic rings. The molecule has 2 heterocycles. The van der Waals surface area contributed by atoms with Crippen LogP contribution < -0.4 is 10.2 Å². The van der Waals surface area contributed by atoms with E-state index in [4.69, 9.17) is 16.3 Å². The molecule has 1 aromatic heterocycles. The molecular weight excluding hydrogens is 420 g/mol. The molecule has 2 aromatic carbocycles. The minimum Gasteiger partial charge on any atom is -0.378 e. The van der Waals surface area contributed by atoms with Crippen molar-refractivity contribution in [3.05, 3.63) is 52.5 Å². The Kier molecular flexibility index (Phi) is 6.41. The van der Waals surface area contributed by atoms with Crippen molar-refractivity contribution < 1.29 is 9.53 Å². The van der Waals surface area contributed by atoms with E-state index in [1.165, 1.54) is 0 Å². The number of carbonyl (C=O) groups excluding carboxylic acids is 1. The molecule has 1 aliphatic rings. The molecule has 0 spiro atoms. The zero-order chi connectivity index (χ0) is 21.1. The Morgan fingerprint density at radius 1 is 1.30 bits per heavy atom. The first kappa shape index (κ1) is 20.9. The summed E-state index contributed by atoms with van der Waals surface area (Å²) in [5.41, 5.74) is 2.87. The van der Waals surface area contributed by atoms with Crippen molar-refractivity contribution in [2.75, 3.05) is 50.1 Å². The number of hydrogen-bond donors (Lipinski definition) is 1. The summed E-state index contributed by atoms with van der Waals surface area (Å²) in [5.74, 6) is -0.00495. The second kappa shape index (κ2) is 9.20. The number of carbonyl (C=O) groups is 1. The molecule has 8 heteroatoms. The Morgan fingerprint density at radius 2 is 2.07 bits per heavy atom. The Bertz CT molecular complexity index is 1000. The van der Waals surface area contributed by atoms with Gasteiger partial charge < -0.3 is 19.9 Å². The zero-order valence-electron chi connectivity index (χ0n) is 17.1. The van der Waals surface area contributed by atoms with Gasteiger partial charge in [0.05, 0.1) is 47.4 Å². The van der Waals surface area contributed by atoms with Gasteiger partial charge in [-0.3, -0.25) is 4.79 Å². The number of hydrogen-bond acceptors (Lipinski definition) is 6. The number of nitrogens with zero attached hydrogens (tertiary/aromatic N) is 3. The second-order valence-electron chi connectivity index (χ2n) is 7.31. The van der Waals surface area contributed by atoms with E-state index < -0.39 is 0 Å². The predicted octanol–water partition coefficient (Wildman–Crippen LogP) is 4.42. The highest BCUT2D eigenvalue weighted by Crippen LogP contribution is 2.31. The summed E-state index contributed by atoms with van der Waals surface area (Å²) in [6.45, 7) is 5.22. The normalized spacial score (nSPS) is 15.2. The summed E-state index contributed by atoms with van der Waals surface area (Å²) < 4.78 is 6.58. The van der Waals surface area contributed by atoms with Gasteiger partial charge in [0.1, 0.15) is 5.01 Å². The van der Waals surface area contributed by atoms with Crippen LogP contribution >= 0.6 is 22.9 Å². The second-order valence-corrected chi connectivity index (χ2v) is 8.81. The van der Waals surface area contributed by atoms with E-state index in [9.17, 15) is 4.79 Å². The van der Waals surface area contributed by atoms with E-state index in [1.807, 2.05) is 50.4 Å². The van der Waals surface area contributed by atoms with Crippen molar-refractivity contribution >= 4 is 50.4 Å². The van der Waals surface area contributed by atoms with E-state index in [0.29, 0.717) is 18.2 Å². The summed E-state index contributed by atoms with van der Waals surface area (Å²) in [5, 5.41) is 4.86. The molecule has 30 heavy (non-hydrogen) atoms. The minimum atomic E-state index is -0.102. The number of amides is 1. The number of morpholine rings is 1. The van der Waals surface area contributed by atoms with Crippen LogP contribution in [0.3, 0.4) is 0 Å². The largest absolute Gasteiger partial charge is 0.378 e. The maximum Gasteiger partial charge on any atom is 0.242 e. The number of para-hydroxylation sites is 1. The Labute approximate surface area is 185 Å². The molecule has 1 amide bonds. The SMILES string of the molecule is CC(c1nc2ccccc2s1)N(C)C(=O)CNc1cc(Cl)ccc1N1CCOCC1. The fourth-order valence-electron chi connectivity index (χ4n) is 3.48. The van der Waals surface area contributed by atoms with Crippen molar-refractivity contribution in [3.8, 4) is 0 Å². The average molecular weight is 445 g/mol. The van der Waals surface area contributed by atoms with Crippen LogP contribution in [-0.4, -0.2) is 55.7 Å². The number of likely N-dealkylation sites (N-methyl/N-ethyl adjacent to an activating group) is 1. The number of benzene rings is 2. The fraction of sp³-hybridized carbons (Fsp3) is 0.364. The predicted molar refractivity (Wildman–Crippen MR) is 124 cm³/mol. The Morgan fingerprint density at radius 3 is 2.83 bits per heavy atom. The van der Waals surface area contributed by atoms with E-state index in [0.717, 1.165) is 39.7 Å². The molecule has 158 valence electrons. The molecule has 1 aliphatic heterocycles. The maximum absolute atomic E-state index is 12.9. The van der Waals surface area contributed by atoms with Crippen LogP contribution in [0.25, 0.3) is 10.2 Å². The van der Waals surface area contributed by atoms with Gasteiger partial charge in [-0.05, 0) is 37.3 Å². The number of fused-ring (bicyclic) bond motifs is 1. The number of nitrogens with one attached hydrogen (secondary N) is 1. The number of aromatic nitrogens is 1. The first-order valence-corrected chi connectivity index (χ1v) is 11.2. The first-order valence-electron chi connectivity index (χ1n) is 10.00. The molecule has 0 saturated carbocycles. The van der Waals surface area contributed by atoms with E-state index in [2.05, 4.69) is 21.3 Å². The van der Waals surface area contributed by atoms with Gasteiger partial charge in [-0.25, -0.2) is 4.98 Å². The Hall–Kier alpha value is -2.35. The highest BCUT2D eigenvalue weighted by atomic mass is 35.5. The number of anilines is 2. The number of halogens is 1. The summed E-state index contributed by atoms with van der Waals surface area (Å²) >= 11 is 7.84. The Balaban J connectivity index is 1.44. The van der Waals surface area contributed by atoms with Crippen LogP contribution in [0.1, 0.15) is 18.0 Å². The molecule has 0 aliphatic carbocycles. The maximum atomic E-state index is 12.9. The molecule has 1 unspecified atom stereocenters. The van der Waals surface area contributed by atoms with Gasteiger partial charge >= 0.3 is 0 Å². The van der Waals surface area contributed by atoms with E-state index in [-0.39, 0.29) is 18.5 Å². The van der Waals surface area contributed by atoms with Gasteiger partial charge in [0, 0.05) is 25.2 Å². The van der Waals surface area contributed by atoms with Crippen LogP contribution in [0.15, 0.2) is 42.5 Å². The van der Waals surface area contributed by atoms with Gasteiger partial charge in [0.25, 0.3) is 0 Å². The molecule has 0 radical (unpaired) electrons. The lowest BCUT2D eigenvalue weighted by atomic mass is 10.2. The van der Waals surface area contributed by atoms with Crippen LogP contribution in [0.2, 0.25) is 5.02 Å². The highest BCUT2D eigenvalue weighted by Gasteiger charge is 2.21. The fourth-order valence-corrected chi connectivity index (χ4v) is 4.71. The summed E-state index contributed by atoms with van der Waals surface area (Å²) in [7, 11) is 1.82. The molecule has 1 N–H and O–H groups in total. The van der Waals surface area contributed by atoms with Crippen LogP contribution in [0, 0.1) is 0 Å². The smallest absolute Gasteiger partial charge is 0.242 e. The lowest BCUT2D eigenvalue weighted by Gasteiger charge is -2.31. The molecule has 0 bridgehead atoms. The van der Waals surface area contributed by atoms with Gasteiger partial charge in [-0.2, -0.15) is 0 Å². The molecule has 1 atom stereocenters. The molecule has 6 nitrogen and oxygen atoms in total. The zero-order valence-corrected chi connectivity index (χ0v) is 18.7. The summed E-state index contributed by atoms with van der Waals surface area (Å²) in [6, 6.07) is 13.7. The molecule has 1 saturated heterocycles. The number of ether oxygens (including phenoxy) is 1. The number of thiazole rings is 1.